The van der Waals surface area contributed by atoms with Gasteiger partial charge in [-0.3, -0.25) is 0 Å². The summed E-state index contributed by atoms with van der Waals surface area (Å²) in [6.45, 7) is 1.27. The molecule has 1 aromatic carbocycles. The van der Waals surface area contributed by atoms with E-state index in [1.54, 1.807) is 32.4 Å². The number of anilines is 1. The van der Waals surface area contributed by atoms with Crippen LogP contribution >= 0.6 is 0 Å². The third-order valence-electron chi connectivity index (χ3n) is 4.57. The van der Waals surface area contributed by atoms with E-state index < -0.39 is 5.60 Å². The van der Waals surface area contributed by atoms with Crippen LogP contribution in [-0.4, -0.2) is 42.6 Å². The molecule has 0 aliphatic carbocycles. The van der Waals surface area contributed by atoms with Crippen molar-refractivity contribution in [1.29, 1.82) is 5.26 Å². The van der Waals surface area contributed by atoms with Crippen LogP contribution in [-0.2, 0) is 5.60 Å². The molecule has 130 valence electrons. The van der Waals surface area contributed by atoms with E-state index in [0.717, 1.165) is 5.56 Å². The number of aromatic nitrogens is 2. The molecule has 1 aromatic heterocycles. The van der Waals surface area contributed by atoms with Crippen LogP contribution in [0.15, 0.2) is 30.3 Å². The van der Waals surface area contributed by atoms with Gasteiger partial charge >= 0.3 is 0 Å². The van der Waals surface area contributed by atoms with Crippen molar-refractivity contribution in [3.05, 3.63) is 41.6 Å². The Bertz CT molecular complexity index is 756. The Morgan fingerprint density at radius 2 is 1.72 bits per heavy atom. The number of piperidine rings is 1. The molecule has 7 nitrogen and oxygen atoms in total. The molecular formula is C18H20N4O3. The lowest BCUT2D eigenvalue weighted by Gasteiger charge is -2.39. The van der Waals surface area contributed by atoms with E-state index in [4.69, 9.17) is 14.7 Å². The van der Waals surface area contributed by atoms with Crippen molar-refractivity contribution in [2.75, 3.05) is 32.2 Å². The fourth-order valence-corrected chi connectivity index (χ4v) is 3.02. The summed E-state index contributed by atoms with van der Waals surface area (Å²) in [5.41, 5.74) is 0.133. The molecule has 0 atom stereocenters. The zero-order valence-corrected chi connectivity index (χ0v) is 14.3. The summed E-state index contributed by atoms with van der Waals surface area (Å²) >= 11 is 0. The van der Waals surface area contributed by atoms with Gasteiger partial charge in [-0.15, -0.1) is 10.2 Å². The van der Waals surface area contributed by atoms with E-state index in [1.807, 2.05) is 18.2 Å². The number of hydrogen-bond donors (Lipinski definition) is 1. The minimum absolute atomic E-state index is 0.292. The highest BCUT2D eigenvalue weighted by atomic mass is 16.5. The molecule has 0 unspecified atom stereocenters. The van der Waals surface area contributed by atoms with Gasteiger partial charge < -0.3 is 19.5 Å². The second kappa shape index (κ2) is 6.95. The second-order valence-electron chi connectivity index (χ2n) is 6.01. The summed E-state index contributed by atoms with van der Waals surface area (Å²) in [5, 5.41) is 27.9. The van der Waals surface area contributed by atoms with E-state index in [9.17, 15) is 5.11 Å². The predicted octanol–water partition coefficient (Wildman–Crippen LogP) is 1.85. The van der Waals surface area contributed by atoms with Gasteiger partial charge in [0.15, 0.2) is 11.5 Å². The molecule has 2 heterocycles. The maximum absolute atomic E-state index is 11.1. The van der Waals surface area contributed by atoms with Gasteiger partial charge in [-0.2, -0.15) is 5.26 Å². The summed E-state index contributed by atoms with van der Waals surface area (Å²) < 4.78 is 10.6. The van der Waals surface area contributed by atoms with Crippen LogP contribution in [0.1, 0.15) is 24.1 Å². The Hall–Kier alpha value is -2.85. The third-order valence-corrected chi connectivity index (χ3v) is 4.57. The van der Waals surface area contributed by atoms with Crippen molar-refractivity contribution in [1.82, 2.24) is 10.2 Å². The van der Waals surface area contributed by atoms with Gasteiger partial charge in [-0.1, -0.05) is 0 Å². The lowest BCUT2D eigenvalue weighted by molar-refractivity contribution is 0.0113. The van der Waals surface area contributed by atoms with Gasteiger partial charge in [0.05, 0.1) is 19.8 Å². The van der Waals surface area contributed by atoms with Crippen molar-refractivity contribution < 1.29 is 14.6 Å². The Balaban J connectivity index is 1.77. The molecule has 1 saturated heterocycles. The first-order valence-corrected chi connectivity index (χ1v) is 8.03. The number of rotatable bonds is 4. The second-order valence-corrected chi connectivity index (χ2v) is 6.01. The van der Waals surface area contributed by atoms with Crippen molar-refractivity contribution in [2.45, 2.75) is 18.4 Å². The van der Waals surface area contributed by atoms with Gasteiger partial charge in [-0.05, 0) is 42.7 Å². The lowest BCUT2D eigenvalue weighted by Crippen LogP contribution is -2.43. The van der Waals surface area contributed by atoms with Gasteiger partial charge in [0.1, 0.15) is 17.6 Å². The maximum Gasteiger partial charge on any atom is 0.163 e. The summed E-state index contributed by atoms with van der Waals surface area (Å²) in [7, 11) is 3.18. The molecule has 1 aliphatic heterocycles. The molecule has 1 fully saturated rings. The van der Waals surface area contributed by atoms with Gasteiger partial charge in [0, 0.05) is 19.2 Å². The first-order valence-electron chi connectivity index (χ1n) is 8.03. The molecule has 1 aliphatic rings. The SMILES string of the molecule is COc1cc(OC)cc(C2(O)CCN(c3ccc(C#N)nn3)CC2)c1. The molecule has 2 aromatic rings. The Morgan fingerprint density at radius 1 is 1.08 bits per heavy atom. The summed E-state index contributed by atoms with van der Waals surface area (Å²) in [5.74, 6) is 2.02. The number of hydrogen-bond acceptors (Lipinski definition) is 7. The van der Waals surface area contributed by atoms with Crippen LogP contribution in [0.2, 0.25) is 0 Å². The lowest BCUT2D eigenvalue weighted by atomic mass is 9.84. The minimum atomic E-state index is -0.946. The van der Waals surface area contributed by atoms with Crippen LogP contribution < -0.4 is 14.4 Å². The average molecular weight is 340 g/mol. The van der Waals surface area contributed by atoms with E-state index in [2.05, 4.69) is 15.1 Å². The molecule has 25 heavy (non-hydrogen) atoms. The fraction of sp³-hybridized carbons (Fsp3) is 0.389. The third kappa shape index (κ3) is 3.49. The van der Waals surface area contributed by atoms with Crippen LogP contribution in [0.4, 0.5) is 5.82 Å². The van der Waals surface area contributed by atoms with E-state index in [1.165, 1.54) is 0 Å². The van der Waals surface area contributed by atoms with Gasteiger partial charge in [0.25, 0.3) is 0 Å². The van der Waals surface area contributed by atoms with Crippen LogP contribution in [0.3, 0.4) is 0 Å². The minimum Gasteiger partial charge on any atom is -0.497 e. The Labute approximate surface area is 146 Å². The number of ether oxygens (including phenoxy) is 2. The molecule has 0 amide bonds. The van der Waals surface area contributed by atoms with Gasteiger partial charge in [0.2, 0.25) is 0 Å². The van der Waals surface area contributed by atoms with Crippen molar-refractivity contribution in [3.8, 4) is 17.6 Å². The van der Waals surface area contributed by atoms with Crippen molar-refractivity contribution in [3.63, 3.8) is 0 Å². The largest absolute Gasteiger partial charge is 0.497 e. The topological polar surface area (TPSA) is 91.5 Å². The number of aliphatic hydroxyl groups is 1. The van der Waals surface area contributed by atoms with Gasteiger partial charge in [-0.25, -0.2) is 0 Å². The number of benzene rings is 1. The monoisotopic (exact) mass is 340 g/mol. The molecule has 0 saturated carbocycles. The van der Waals surface area contributed by atoms with Crippen LogP contribution in [0.25, 0.3) is 0 Å². The predicted molar refractivity (Wildman–Crippen MR) is 91.6 cm³/mol. The standard InChI is InChI=1S/C18H20N4O3/c1-24-15-9-13(10-16(11-15)25-2)18(23)5-7-22(8-6-18)17-4-3-14(12-19)20-21-17/h3-4,9-11,23H,5-8H2,1-2H3. The van der Waals surface area contributed by atoms with Crippen LogP contribution in [0.5, 0.6) is 11.5 Å². The van der Waals surface area contributed by atoms with Crippen LogP contribution in [0, 0.1) is 11.3 Å². The average Bonchev–Trinajstić information content (AvgIpc) is 2.68. The highest BCUT2D eigenvalue weighted by Crippen LogP contribution is 2.37. The smallest absolute Gasteiger partial charge is 0.163 e. The number of nitrogens with zero attached hydrogens (tertiary/aromatic N) is 4. The van der Waals surface area contributed by atoms with E-state index in [0.29, 0.717) is 48.9 Å². The maximum atomic E-state index is 11.1. The summed E-state index contributed by atoms with van der Waals surface area (Å²) in [4.78, 5) is 2.06. The Morgan fingerprint density at radius 3 is 2.20 bits per heavy atom. The molecule has 1 N–H and O–H groups in total. The summed E-state index contributed by atoms with van der Waals surface area (Å²) in [6, 6.07) is 10.9. The molecule has 3 rings (SSSR count). The molecule has 7 heteroatoms. The first kappa shape index (κ1) is 17.0. The first-order chi connectivity index (χ1) is 12.1. The molecule has 0 spiro atoms. The zero-order valence-electron chi connectivity index (χ0n) is 14.3. The normalized spacial score (nSPS) is 16.2. The number of nitriles is 1. The van der Waals surface area contributed by atoms with E-state index in [-0.39, 0.29) is 0 Å². The number of methoxy groups -OCH3 is 2. The fourth-order valence-electron chi connectivity index (χ4n) is 3.02. The molecule has 0 bridgehead atoms. The quantitative estimate of drug-likeness (QED) is 0.908. The van der Waals surface area contributed by atoms with E-state index >= 15 is 0 Å². The zero-order chi connectivity index (χ0) is 17.9. The highest BCUT2D eigenvalue weighted by Gasteiger charge is 2.35. The van der Waals surface area contributed by atoms with Crippen molar-refractivity contribution >= 4 is 5.82 Å². The molecular weight excluding hydrogens is 320 g/mol. The van der Waals surface area contributed by atoms with Crippen molar-refractivity contribution in [2.24, 2.45) is 0 Å². The summed E-state index contributed by atoms with van der Waals surface area (Å²) in [6.07, 6.45) is 1.09. The Kier molecular flexibility index (Phi) is 4.72. The molecule has 0 radical (unpaired) electrons. The highest BCUT2D eigenvalue weighted by molar-refractivity contribution is 5.43.